The van der Waals surface area contributed by atoms with Gasteiger partial charge in [-0.1, -0.05) is 0 Å². The molecule has 1 aromatic rings. The van der Waals surface area contributed by atoms with Crippen molar-refractivity contribution in [2.45, 2.75) is 26.7 Å². The van der Waals surface area contributed by atoms with Crippen LogP contribution in [0, 0.1) is 12.8 Å². The molecule has 6 heteroatoms. The molecule has 0 atom stereocenters. The number of aromatic nitrogens is 2. The van der Waals surface area contributed by atoms with E-state index in [-0.39, 0.29) is 11.9 Å². The van der Waals surface area contributed by atoms with Crippen LogP contribution in [0.4, 0.5) is 5.82 Å². The molecule has 0 aromatic carbocycles. The number of nitrogens with zero attached hydrogens (tertiary/aromatic N) is 3. The molecule has 0 spiro atoms. The maximum absolute atomic E-state index is 11.7. The molecule has 1 aliphatic rings. The largest absolute Gasteiger partial charge is 0.481 e. The van der Waals surface area contributed by atoms with Crippen LogP contribution >= 0.6 is 0 Å². The summed E-state index contributed by atoms with van der Waals surface area (Å²) in [5, 5.41) is 0. The normalized spacial score (nSPS) is 16.1. The van der Waals surface area contributed by atoms with Gasteiger partial charge in [0.2, 0.25) is 5.88 Å². The average Bonchev–Trinajstić information content (AvgIpc) is 2.47. The molecule has 1 aromatic heterocycles. The minimum atomic E-state index is -0.0800. The summed E-state index contributed by atoms with van der Waals surface area (Å²) < 4.78 is 10.2. The van der Waals surface area contributed by atoms with Gasteiger partial charge >= 0.3 is 5.97 Å². The Morgan fingerprint density at radius 1 is 1.40 bits per heavy atom. The molecule has 6 nitrogen and oxygen atoms in total. The summed E-state index contributed by atoms with van der Waals surface area (Å²) in [6.45, 7) is 5.72. The highest BCUT2D eigenvalue weighted by molar-refractivity contribution is 5.72. The number of hydrogen-bond donors (Lipinski definition) is 0. The number of carbonyl (C=O) groups excluding carboxylic acids is 1. The fraction of sp³-hybridized carbons (Fsp3) is 0.643. The van der Waals surface area contributed by atoms with Gasteiger partial charge in [0, 0.05) is 19.2 Å². The number of rotatable bonds is 4. The van der Waals surface area contributed by atoms with Crippen LogP contribution in [0.3, 0.4) is 0 Å². The Hall–Kier alpha value is -1.85. The summed E-state index contributed by atoms with van der Waals surface area (Å²) in [6, 6.07) is 1.83. The first-order valence-electron chi connectivity index (χ1n) is 6.95. The lowest BCUT2D eigenvalue weighted by Gasteiger charge is -2.31. The summed E-state index contributed by atoms with van der Waals surface area (Å²) in [5.74, 6) is 2.04. The molecule has 0 bridgehead atoms. The minimum absolute atomic E-state index is 0.0102. The fourth-order valence-electron chi connectivity index (χ4n) is 2.40. The molecule has 0 aliphatic carbocycles. The van der Waals surface area contributed by atoms with Gasteiger partial charge in [-0.2, -0.15) is 4.98 Å². The molecule has 0 unspecified atom stereocenters. The standard InChI is InChI=1S/C14H21N3O3/c1-4-20-14(18)11-5-7-17(8-6-11)12-9-13(19-3)16-10(2)15-12/h9,11H,4-8H2,1-3H3. The van der Waals surface area contributed by atoms with Crippen molar-refractivity contribution >= 4 is 11.8 Å². The predicted octanol–water partition coefficient (Wildman–Crippen LogP) is 1.57. The number of anilines is 1. The van der Waals surface area contributed by atoms with E-state index in [2.05, 4.69) is 14.9 Å². The molecule has 20 heavy (non-hydrogen) atoms. The zero-order valence-corrected chi connectivity index (χ0v) is 12.3. The third-order valence-corrected chi connectivity index (χ3v) is 3.45. The molecule has 1 aliphatic heterocycles. The number of methoxy groups -OCH3 is 1. The van der Waals surface area contributed by atoms with E-state index in [0.29, 0.717) is 18.3 Å². The molecule has 0 N–H and O–H groups in total. The second-order valence-electron chi connectivity index (χ2n) is 4.83. The highest BCUT2D eigenvalue weighted by Crippen LogP contribution is 2.24. The fourth-order valence-corrected chi connectivity index (χ4v) is 2.40. The molecular weight excluding hydrogens is 258 g/mol. The van der Waals surface area contributed by atoms with Gasteiger partial charge in [0.15, 0.2) is 0 Å². The maximum Gasteiger partial charge on any atom is 0.309 e. The SMILES string of the molecule is CCOC(=O)C1CCN(c2cc(OC)nc(C)n2)CC1. The Bertz CT molecular complexity index is 471. The number of hydrogen-bond acceptors (Lipinski definition) is 6. The van der Waals surface area contributed by atoms with Gasteiger partial charge in [0.05, 0.1) is 19.6 Å². The van der Waals surface area contributed by atoms with Gasteiger partial charge in [-0.25, -0.2) is 4.98 Å². The molecule has 0 radical (unpaired) electrons. The average molecular weight is 279 g/mol. The van der Waals surface area contributed by atoms with Crippen molar-refractivity contribution < 1.29 is 14.3 Å². The third-order valence-electron chi connectivity index (χ3n) is 3.45. The van der Waals surface area contributed by atoms with Gasteiger partial charge in [-0.3, -0.25) is 4.79 Å². The molecule has 2 heterocycles. The van der Waals surface area contributed by atoms with Crippen molar-refractivity contribution in [3.8, 4) is 5.88 Å². The maximum atomic E-state index is 11.7. The summed E-state index contributed by atoms with van der Waals surface area (Å²) in [7, 11) is 1.60. The van der Waals surface area contributed by atoms with Crippen LogP contribution in [0.25, 0.3) is 0 Å². The molecule has 0 saturated carbocycles. The highest BCUT2D eigenvalue weighted by atomic mass is 16.5. The van der Waals surface area contributed by atoms with E-state index >= 15 is 0 Å². The lowest BCUT2D eigenvalue weighted by molar-refractivity contribution is -0.148. The Balaban J connectivity index is 2.00. The van der Waals surface area contributed by atoms with E-state index in [0.717, 1.165) is 31.7 Å². The van der Waals surface area contributed by atoms with E-state index in [1.807, 2.05) is 19.9 Å². The van der Waals surface area contributed by atoms with Crippen molar-refractivity contribution in [1.82, 2.24) is 9.97 Å². The summed E-state index contributed by atoms with van der Waals surface area (Å²) >= 11 is 0. The summed E-state index contributed by atoms with van der Waals surface area (Å²) in [5.41, 5.74) is 0. The van der Waals surface area contributed by atoms with Crippen LogP contribution in [0.2, 0.25) is 0 Å². The number of carbonyl (C=O) groups is 1. The number of aryl methyl sites for hydroxylation is 1. The zero-order chi connectivity index (χ0) is 14.5. The van der Waals surface area contributed by atoms with E-state index in [1.165, 1.54) is 0 Å². The third kappa shape index (κ3) is 3.37. The van der Waals surface area contributed by atoms with E-state index in [9.17, 15) is 4.79 Å². The lowest BCUT2D eigenvalue weighted by atomic mass is 9.97. The van der Waals surface area contributed by atoms with Gasteiger partial charge < -0.3 is 14.4 Å². The van der Waals surface area contributed by atoms with Crippen LogP contribution in [0.1, 0.15) is 25.6 Å². The second-order valence-corrected chi connectivity index (χ2v) is 4.83. The Morgan fingerprint density at radius 2 is 2.10 bits per heavy atom. The number of piperidine rings is 1. The van der Waals surface area contributed by atoms with Crippen LogP contribution in [-0.4, -0.2) is 42.7 Å². The Morgan fingerprint density at radius 3 is 2.70 bits per heavy atom. The predicted molar refractivity (Wildman–Crippen MR) is 74.9 cm³/mol. The van der Waals surface area contributed by atoms with Crippen LogP contribution < -0.4 is 9.64 Å². The first-order chi connectivity index (χ1) is 9.63. The van der Waals surface area contributed by atoms with E-state index in [1.54, 1.807) is 7.11 Å². The first kappa shape index (κ1) is 14.6. The molecular formula is C14H21N3O3. The molecule has 2 rings (SSSR count). The van der Waals surface area contributed by atoms with Crippen LogP contribution in [0.15, 0.2) is 6.07 Å². The van der Waals surface area contributed by atoms with Crippen molar-refractivity contribution in [2.75, 3.05) is 31.7 Å². The Kier molecular flexibility index (Phi) is 4.76. The quantitative estimate of drug-likeness (QED) is 0.780. The van der Waals surface area contributed by atoms with Crippen molar-refractivity contribution in [3.63, 3.8) is 0 Å². The number of esters is 1. The van der Waals surface area contributed by atoms with Crippen molar-refractivity contribution in [1.29, 1.82) is 0 Å². The minimum Gasteiger partial charge on any atom is -0.481 e. The summed E-state index contributed by atoms with van der Waals surface area (Å²) in [6.07, 6.45) is 1.59. The van der Waals surface area contributed by atoms with Crippen molar-refractivity contribution in [2.24, 2.45) is 5.92 Å². The lowest BCUT2D eigenvalue weighted by Crippen LogP contribution is -2.37. The smallest absolute Gasteiger partial charge is 0.309 e. The van der Waals surface area contributed by atoms with Gasteiger partial charge in [0.25, 0.3) is 0 Å². The first-order valence-corrected chi connectivity index (χ1v) is 6.95. The second kappa shape index (κ2) is 6.54. The zero-order valence-electron chi connectivity index (χ0n) is 12.3. The van der Waals surface area contributed by atoms with Gasteiger partial charge in [0.1, 0.15) is 11.6 Å². The van der Waals surface area contributed by atoms with Crippen molar-refractivity contribution in [3.05, 3.63) is 11.9 Å². The highest BCUT2D eigenvalue weighted by Gasteiger charge is 2.26. The van der Waals surface area contributed by atoms with Gasteiger partial charge in [-0.15, -0.1) is 0 Å². The molecule has 110 valence electrons. The monoisotopic (exact) mass is 279 g/mol. The van der Waals surface area contributed by atoms with Gasteiger partial charge in [-0.05, 0) is 26.7 Å². The van der Waals surface area contributed by atoms with E-state index < -0.39 is 0 Å². The number of ether oxygens (including phenoxy) is 2. The molecule has 1 saturated heterocycles. The van der Waals surface area contributed by atoms with Crippen LogP contribution in [0.5, 0.6) is 5.88 Å². The summed E-state index contributed by atoms with van der Waals surface area (Å²) in [4.78, 5) is 22.5. The molecule has 1 fully saturated rings. The molecule has 0 amide bonds. The Labute approximate surface area is 119 Å². The van der Waals surface area contributed by atoms with Crippen LogP contribution in [-0.2, 0) is 9.53 Å². The topological polar surface area (TPSA) is 64.5 Å². The van der Waals surface area contributed by atoms with E-state index in [4.69, 9.17) is 9.47 Å².